The van der Waals surface area contributed by atoms with Gasteiger partial charge in [-0.25, -0.2) is 0 Å². The van der Waals surface area contributed by atoms with Crippen LogP contribution in [0.15, 0.2) is 50.1 Å². The molecule has 138 valence electrons. The minimum atomic E-state index is -0.220. The van der Waals surface area contributed by atoms with Crippen molar-refractivity contribution in [2.45, 2.75) is 52.1 Å². The monoisotopic (exact) mass is 330 g/mol. The van der Waals surface area contributed by atoms with Gasteiger partial charge >= 0.3 is 0 Å². The average molecular weight is 331 g/mol. The van der Waals surface area contributed by atoms with Crippen LogP contribution in [0.2, 0.25) is 0 Å². The molecule has 0 heterocycles. The molecule has 0 aliphatic carbocycles. The molecule has 0 rings (SSSR count). The highest BCUT2D eigenvalue weighted by Crippen LogP contribution is 1.90. The topological polar surface area (TPSA) is 80.9 Å². The van der Waals surface area contributed by atoms with E-state index in [0.29, 0.717) is 12.8 Å². The Morgan fingerprint density at radius 2 is 1.43 bits per heavy atom. The maximum atomic E-state index is 8.48. The number of hydrogen-bond acceptors (Lipinski definition) is 4. The van der Waals surface area contributed by atoms with Crippen molar-refractivity contribution in [3.05, 3.63) is 50.1 Å². The fourth-order valence-electron chi connectivity index (χ4n) is 0.759. The second-order valence-electron chi connectivity index (χ2n) is 4.76. The van der Waals surface area contributed by atoms with Gasteiger partial charge in [-0.2, -0.15) is 0 Å². The van der Waals surface area contributed by atoms with E-state index in [0.717, 1.165) is 24.8 Å². The van der Waals surface area contributed by atoms with E-state index in [9.17, 15) is 0 Å². The van der Waals surface area contributed by atoms with Crippen LogP contribution in [0, 0.1) is 0 Å². The zero-order chi connectivity index (χ0) is 18.9. The Morgan fingerprint density at radius 1 is 0.913 bits per heavy atom. The third-order valence-electron chi connectivity index (χ3n) is 1.95. The van der Waals surface area contributed by atoms with Gasteiger partial charge in [-0.15, -0.1) is 26.3 Å². The third kappa shape index (κ3) is 76.5. The number of rotatable bonds is 9. The van der Waals surface area contributed by atoms with Gasteiger partial charge in [-0.3, -0.25) is 0 Å². The quantitative estimate of drug-likeness (QED) is 0.386. The van der Waals surface area contributed by atoms with Crippen LogP contribution < -0.4 is 0 Å². The number of hydrogen-bond donors (Lipinski definition) is 4. The molecule has 0 aliphatic heterocycles. The summed E-state index contributed by atoms with van der Waals surface area (Å²) in [6.07, 6.45) is 8.88. The lowest BCUT2D eigenvalue weighted by Gasteiger charge is -1.92. The molecule has 4 N–H and O–H groups in total. The lowest BCUT2D eigenvalue weighted by Crippen LogP contribution is -1.94. The van der Waals surface area contributed by atoms with E-state index < -0.39 is 0 Å². The van der Waals surface area contributed by atoms with E-state index in [1.807, 2.05) is 6.92 Å². The predicted molar refractivity (Wildman–Crippen MR) is 101 cm³/mol. The van der Waals surface area contributed by atoms with Gasteiger partial charge in [0, 0.05) is 19.8 Å². The number of aliphatic hydroxyl groups excluding tert-OH is 4. The van der Waals surface area contributed by atoms with Crippen LogP contribution in [0.3, 0.4) is 0 Å². The second-order valence-corrected chi connectivity index (χ2v) is 4.76. The third-order valence-corrected chi connectivity index (χ3v) is 1.95. The van der Waals surface area contributed by atoms with Crippen LogP contribution in [0.25, 0.3) is 0 Å². The summed E-state index contributed by atoms with van der Waals surface area (Å²) in [7, 11) is 0. The van der Waals surface area contributed by atoms with E-state index in [-0.39, 0.29) is 25.9 Å². The molecule has 0 radical (unpaired) electrons. The Labute approximate surface area is 143 Å². The van der Waals surface area contributed by atoms with E-state index in [1.54, 1.807) is 25.2 Å². The van der Waals surface area contributed by atoms with Gasteiger partial charge in [0.25, 0.3) is 0 Å². The summed E-state index contributed by atoms with van der Waals surface area (Å²) in [6, 6.07) is 0. The zero-order valence-corrected chi connectivity index (χ0v) is 15.1. The Hall–Kier alpha value is -1.20. The minimum absolute atomic E-state index is 0.220. The molecule has 0 bridgehead atoms. The Morgan fingerprint density at radius 3 is 1.48 bits per heavy atom. The molecule has 0 aromatic rings. The maximum absolute atomic E-state index is 8.48. The van der Waals surface area contributed by atoms with Gasteiger partial charge in [-0.05, 0) is 46.0 Å². The van der Waals surface area contributed by atoms with Gasteiger partial charge in [0.15, 0.2) is 0 Å². The van der Waals surface area contributed by atoms with E-state index in [1.165, 1.54) is 0 Å². The number of aliphatic hydroxyl groups is 4. The SMILES string of the molecule is C=C(C)CCO.C=CCC(C)O.C=CCCCO.C=CCCO. The van der Waals surface area contributed by atoms with Crippen LogP contribution in [0.1, 0.15) is 46.0 Å². The highest BCUT2D eigenvalue weighted by molar-refractivity contribution is 4.86. The summed E-state index contributed by atoms with van der Waals surface area (Å²) >= 11 is 0. The first kappa shape index (κ1) is 29.8. The molecule has 1 atom stereocenters. The Kier molecular flexibility index (Phi) is 42.3. The lowest BCUT2D eigenvalue weighted by atomic mass is 10.3. The average Bonchev–Trinajstić information content (AvgIpc) is 2.47. The van der Waals surface area contributed by atoms with Crippen LogP contribution >= 0.6 is 0 Å². The molecule has 4 nitrogen and oxygen atoms in total. The van der Waals surface area contributed by atoms with Crippen molar-refractivity contribution in [1.29, 1.82) is 0 Å². The van der Waals surface area contributed by atoms with Crippen molar-refractivity contribution in [3.63, 3.8) is 0 Å². The molecule has 0 aliphatic rings. The van der Waals surface area contributed by atoms with E-state index in [4.69, 9.17) is 20.4 Å². The van der Waals surface area contributed by atoms with Crippen LogP contribution in [-0.2, 0) is 0 Å². The van der Waals surface area contributed by atoms with Gasteiger partial charge in [0.05, 0.1) is 6.10 Å². The first-order valence-corrected chi connectivity index (χ1v) is 7.85. The first-order chi connectivity index (χ1) is 10.9. The molecule has 0 saturated carbocycles. The molecule has 1 unspecified atom stereocenters. The molecular weight excluding hydrogens is 292 g/mol. The van der Waals surface area contributed by atoms with Gasteiger partial charge in [-0.1, -0.05) is 23.8 Å². The van der Waals surface area contributed by atoms with Crippen LogP contribution in [0.4, 0.5) is 0 Å². The fraction of sp³-hybridized carbons (Fsp3) is 0.579. The maximum Gasteiger partial charge on any atom is 0.0546 e. The highest BCUT2D eigenvalue weighted by Gasteiger charge is 1.84. The summed E-state index contributed by atoms with van der Waals surface area (Å²) in [5.74, 6) is 0. The summed E-state index contributed by atoms with van der Waals surface area (Å²) in [6.45, 7) is 18.3. The van der Waals surface area contributed by atoms with Crippen LogP contribution in [0.5, 0.6) is 0 Å². The van der Waals surface area contributed by atoms with E-state index in [2.05, 4.69) is 26.3 Å². The molecule has 0 aromatic heterocycles. The zero-order valence-electron chi connectivity index (χ0n) is 15.1. The summed E-state index contributed by atoms with van der Waals surface area (Å²) < 4.78 is 0. The van der Waals surface area contributed by atoms with Crippen molar-refractivity contribution in [2.75, 3.05) is 19.8 Å². The molecule has 0 saturated heterocycles. The molecule has 0 amide bonds. The van der Waals surface area contributed by atoms with Crippen molar-refractivity contribution in [3.8, 4) is 0 Å². The number of unbranched alkanes of at least 4 members (excludes halogenated alkanes) is 1. The lowest BCUT2D eigenvalue weighted by molar-refractivity contribution is 0.198. The van der Waals surface area contributed by atoms with Gasteiger partial charge < -0.3 is 20.4 Å². The Balaban J connectivity index is -0.000000105. The van der Waals surface area contributed by atoms with Gasteiger partial charge in [0.1, 0.15) is 0 Å². The van der Waals surface area contributed by atoms with Gasteiger partial charge in [0.2, 0.25) is 0 Å². The molecule has 0 fully saturated rings. The molecule has 0 spiro atoms. The predicted octanol–water partition coefficient (Wildman–Crippen LogP) is 3.39. The van der Waals surface area contributed by atoms with E-state index >= 15 is 0 Å². The Bertz CT molecular complexity index is 248. The molecular formula is C19H38O4. The first-order valence-electron chi connectivity index (χ1n) is 7.85. The largest absolute Gasteiger partial charge is 0.396 e. The van der Waals surface area contributed by atoms with Crippen molar-refractivity contribution in [1.82, 2.24) is 0 Å². The molecule has 23 heavy (non-hydrogen) atoms. The standard InChI is InChI=1S/3C5H10O.C4H8O/c1-5(2)3-4-6;1-3-4-5(2)6;1-2-3-4-5-6;1-2-3-4-5/h6H,1,3-4H2,2H3;3,5-6H,1,4H2,2H3;2,6H,1,3-5H2;2,5H,1,3-4H2. The molecule has 0 aromatic carbocycles. The van der Waals surface area contributed by atoms with Crippen molar-refractivity contribution in [2.24, 2.45) is 0 Å². The summed E-state index contributed by atoms with van der Waals surface area (Å²) in [5, 5.41) is 32.8. The summed E-state index contributed by atoms with van der Waals surface area (Å²) in [4.78, 5) is 0. The summed E-state index contributed by atoms with van der Waals surface area (Å²) in [5.41, 5.74) is 1.04. The number of allylic oxidation sites excluding steroid dienone is 1. The molecule has 4 heteroatoms. The normalized spacial score (nSPS) is 9.48. The fourth-order valence-corrected chi connectivity index (χ4v) is 0.759. The van der Waals surface area contributed by atoms with Crippen molar-refractivity contribution >= 4 is 0 Å². The second kappa shape index (κ2) is 32.7. The van der Waals surface area contributed by atoms with Crippen molar-refractivity contribution < 1.29 is 20.4 Å². The smallest absolute Gasteiger partial charge is 0.0546 e. The van der Waals surface area contributed by atoms with Crippen LogP contribution in [-0.4, -0.2) is 46.4 Å². The minimum Gasteiger partial charge on any atom is -0.396 e. The highest BCUT2D eigenvalue weighted by atomic mass is 16.3.